The molecule has 4 rings (SSSR count). The van der Waals surface area contributed by atoms with Gasteiger partial charge in [-0.05, 0) is 11.6 Å². The summed E-state index contributed by atoms with van der Waals surface area (Å²) in [6.45, 7) is 1.77. The lowest BCUT2D eigenvalue weighted by atomic mass is 9.90. The standard InChI is InChI=1S/C17H18Cl2N4O2/c1-23-7-9(4-21-23)11-5-20-6-12(11)17(24)22-14-8-25-16-10(14)2-3-13(18)15(16)19/h2-4,7,11-12,14,20H,5-6,8H2,1H3,(H,22,24)/t11-,12+,14?/m1/s1. The van der Waals surface area contributed by atoms with Gasteiger partial charge in [0.05, 0.1) is 23.2 Å². The lowest BCUT2D eigenvalue weighted by Gasteiger charge is -2.19. The smallest absolute Gasteiger partial charge is 0.225 e. The van der Waals surface area contributed by atoms with E-state index in [1.807, 2.05) is 25.5 Å². The Hall–Kier alpha value is -1.76. The fourth-order valence-electron chi connectivity index (χ4n) is 3.56. The summed E-state index contributed by atoms with van der Waals surface area (Å²) in [4.78, 5) is 12.9. The molecule has 3 atom stereocenters. The Balaban J connectivity index is 1.51. The van der Waals surface area contributed by atoms with Crippen LogP contribution >= 0.6 is 23.2 Å². The minimum atomic E-state index is -0.215. The third-order valence-corrected chi connectivity index (χ3v) is 5.66. The second-order valence-corrected chi connectivity index (χ2v) is 7.26. The van der Waals surface area contributed by atoms with E-state index in [4.69, 9.17) is 27.9 Å². The predicted molar refractivity (Wildman–Crippen MR) is 95.1 cm³/mol. The average molecular weight is 381 g/mol. The number of nitrogens with zero attached hydrogens (tertiary/aromatic N) is 2. The Labute approximate surface area is 155 Å². The topological polar surface area (TPSA) is 68.2 Å². The molecule has 1 amide bonds. The van der Waals surface area contributed by atoms with Crippen LogP contribution in [0.3, 0.4) is 0 Å². The number of carbonyl (C=O) groups excluding carboxylic acids is 1. The molecule has 0 bridgehead atoms. The molecule has 132 valence electrons. The van der Waals surface area contributed by atoms with Crippen molar-refractivity contribution in [1.82, 2.24) is 20.4 Å². The van der Waals surface area contributed by atoms with Crippen LogP contribution in [-0.2, 0) is 11.8 Å². The number of ether oxygens (including phenoxy) is 1. The maximum atomic E-state index is 12.9. The van der Waals surface area contributed by atoms with Gasteiger partial charge in [-0.3, -0.25) is 9.48 Å². The zero-order valence-corrected chi connectivity index (χ0v) is 15.1. The van der Waals surface area contributed by atoms with Crippen molar-refractivity contribution in [3.05, 3.63) is 45.7 Å². The highest BCUT2D eigenvalue weighted by Crippen LogP contribution is 2.42. The van der Waals surface area contributed by atoms with Gasteiger partial charge in [-0.1, -0.05) is 29.3 Å². The molecule has 0 saturated carbocycles. The molecule has 1 saturated heterocycles. The Bertz CT molecular complexity index is 823. The van der Waals surface area contributed by atoms with E-state index < -0.39 is 0 Å². The Morgan fingerprint density at radius 2 is 2.24 bits per heavy atom. The normalized spacial score (nSPS) is 24.8. The van der Waals surface area contributed by atoms with Crippen molar-refractivity contribution >= 4 is 29.1 Å². The Morgan fingerprint density at radius 3 is 3.00 bits per heavy atom. The molecule has 2 aromatic rings. The van der Waals surface area contributed by atoms with Crippen LogP contribution in [0.15, 0.2) is 24.5 Å². The number of benzene rings is 1. The Morgan fingerprint density at radius 1 is 1.40 bits per heavy atom. The fraction of sp³-hybridized carbons (Fsp3) is 0.412. The second-order valence-electron chi connectivity index (χ2n) is 6.47. The lowest BCUT2D eigenvalue weighted by molar-refractivity contribution is -0.125. The number of rotatable bonds is 3. The van der Waals surface area contributed by atoms with Gasteiger partial charge >= 0.3 is 0 Å². The number of aromatic nitrogens is 2. The maximum absolute atomic E-state index is 12.9. The van der Waals surface area contributed by atoms with Crippen LogP contribution in [0.4, 0.5) is 0 Å². The van der Waals surface area contributed by atoms with Crippen molar-refractivity contribution < 1.29 is 9.53 Å². The van der Waals surface area contributed by atoms with Gasteiger partial charge in [-0.15, -0.1) is 0 Å². The molecule has 2 N–H and O–H groups in total. The van der Waals surface area contributed by atoms with E-state index in [0.717, 1.165) is 17.7 Å². The van der Waals surface area contributed by atoms with Gasteiger partial charge in [0, 0.05) is 37.8 Å². The minimum absolute atomic E-state index is 0.00590. The van der Waals surface area contributed by atoms with Crippen molar-refractivity contribution in [2.75, 3.05) is 19.7 Å². The molecular weight excluding hydrogens is 363 g/mol. The molecular formula is C17H18Cl2N4O2. The number of aryl methyl sites for hydroxylation is 1. The lowest BCUT2D eigenvalue weighted by Crippen LogP contribution is -2.37. The van der Waals surface area contributed by atoms with E-state index >= 15 is 0 Å². The van der Waals surface area contributed by atoms with E-state index in [-0.39, 0.29) is 23.8 Å². The van der Waals surface area contributed by atoms with E-state index in [0.29, 0.717) is 28.9 Å². The van der Waals surface area contributed by atoms with Gasteiger partial charge in [0.2, 0.25) is 5.91 Å². The van der Waals surface area contributed by atoms with E-state index in [1.165, 1.54) is 0 Å². The van der Waals surface area contributed by atoms with Crippen LogP contribution in [0.1, 0.15) is 23.1 Å². The van der Waals surface area contributed by atoms with Crippen LogP contribution in [0, 0.1) is 5.92 Å². The first-order valence-corrected chi connectivity index (χ1v) is 8.90. The monoisotopic (exact) mass is 380 g/mol. The average Bonchev–Trinajstić information content (AvgIpc) is 3.30. The SMILES string of the molecule is Cn1cc([C@H]2CNC[C@@H]2C(=O)NC2COc3c2ccc(Cl)c3Cl)cn1. The highest BCUT2D eigenvalue weighted by atomic mass is 35.5. The number of halogens is 2. The number of hydrogen-bond acceptors (Lipinski definition) is 4. The maximum Gasteiger partial charge on any atom is 0.225 e. The molecule has 2 aliphatic heterocycles. The molecule has 2 aliphatic rings. The molecule has 0 spiro atoms. The first-order valence-electron chi connectivity index (χ1n) is 8.15. The van der Waals surface area contributed by atoms with E-state index in [9.17, 15) is 4.79 Å². The summed E-state index contributed by atoms with van der Waals surface area (Å²) in [5.41, 5.74) is 1.94. The number of carbonyl (C=O) groups is 1. The molecule has 3 heterocycles. The summed E-state index contributed by atoms with van der Waals surface area (Å²) in [5.74, 6) is 0.541. The highest BCUT2D eigenvalue weighted by molar-refractivity contribution is 6.43. The number of fused-ring (bicyclic) bond motifs is 1. The number of nitrogens with one attached hydrogen (secondary N) is 2. The predicted octanol–water partition coefficient (Wildman–Crippen LogP) is 2.28. The summed E-state index contributed by atoms with van der Waals surface area (Å²) in [7, 11) is 1.88. The molecule has 0 aliphatic carbocycles. The quantitative estimate of drug-likeness (QED) is 0.856. The molecule has 1 aromatic heterocycles. The van der Waals surface area contributed by atoms with Crippen molar-refractivity contribution in [3.63, 3.8) is 0 Å². The summed E-state index contributed by atoms with van der Waals surface area (Å²) >= 11 is 12.2. The zero-order chi connectivity index (χ0) is 17.6. The summed E-state index contributed by atoms with van der Waals surface area (Å²) in [6, 6.07) is 3.37. The van der Waals surface area contributed by atoms with Crippen molar-refractivity contribution in [1.29, 1.82) is 0 Å². The highest BCUT2D eigenvalue weighted by Gasteiger charge is 2.37. The van der Waals surface area contributed by atoms with Crippen LogP contribution in [0.2, 0.25) is 10.0 Å². The van der Waals surface area contributed by atoms with Crippen LogP contribution < -0.4 is 15.4 Å². The van der Waals surface area contributed by atoms with Crippen molar-refractivity contribution in [2.45, 2.75) is 12.0 Å². The van der Waals surface area contributed by atoms with Crippen LogP contribution in [0.25, 0.3) is 0 Å². The molecule has 8 heteroatoms. The third kappa shape index (κ3) is 2.99. The molecule has 1 aromatic carbocycles. The molecule has 1 unspecified atom stereocenters. The first kappa shape index (κ1) is 16.7. The van der Waals surface area contributed by atoms with Gasteiger partial charge in [0.15, 0.2) is 0 Å². The summed E-state index contributed by atoms with van der Waals surface area (Å²) < 4.78 is 7.40. The van der Waals surface area contributed by atoms with Gasteiger partial charge in [-0.2, -0.15) is 5.10 Å². The number of hydrogen-bond donors (Lipinski definition) is 2. The molecule has 25 heavy (non-hydrogen) atoms. The van der Waals surface area contributed by atoms with Gasteiger partial charge < -0.3 is 15.4 Å². The minimum Gasteiger partial charge on any atom is -0.489 e. The van der Waals surface area contributed by atoms with Gasteiger partial charge in [-0.25, -0.2) is 0 Å². The van der Waals surface area contributed by atoms with Crippen molar-refractivity contribution in [3.8, 4) is 5.75 Å². The second kappa shape index (κ2) is 6.52. The van der Waals surface area contributed by atoms with E-state index in [2.05, 4.69) is 15.7 Å². The zero-order valence-electron chi connectivity index (χ0n) is 13.6. The largest absolute Gasteiger partial charge is 0.489 e. The van der Waals surface area contributed by atoms with Crippen molar-refractivity contribution in [2.24, 2.45) is 13.0 Å². The van der Waals surface area contributed by atoms with Gasteiger partial charge in [0.1, 0.15) is 17.4 Å². The number of amides is 1. The van der Waals surface area contributed by atoms with Crippen LogP contribution in [-0.4, -0.2) is 35.4 Å². The summed E-state index contributed by atoms with van der Waals surface area (Å²) in [5, 5.41) is 11.5. The van der Waals surface area contributed by atoms with Gasteiger partial charge in [0.25, 0.3) is 0 Å². The molecule has 6 nitrogen and oxygen atoms in total. The third-order valence-electron chi connectivity index (χ3n) is 4.87. The van der Waals surface area contributed by atoms with E-state index in [1.54, 1.807) is 10.7 Å². The van der Waals surface area contributed by atoms with Crippen LogP contribution in [0.5, 0.6) is 5.75 Å². The Kier molecular flexibility index (Phi) is 4.35. The molecule has 0 radical (unpaired) electrons. The summed E-state index contributed by atoms with van der Waals surface area (Å²) in [6.07, 6.45) is 3.79. The molecule has 1 fully saturated rings. The fourth-order valence-corrected chi connectivity index (χ4v) is 3.93. The first-order chi connectivity index (χ1) is 12.0.